The minimum atomic E-state index is -1.06. The molecule has 0 radical (unpaired) electrons. The molecule has 1 saturated heterocycles. The Morgan fingerprint density at radius 1 is 1.25 bits per heavy atom. The summed E-state index contributed by atoms with van der Waals surface area (Å²) >= 11 is 7.81. The zero-order valence-electron chi connectivity index (χ0n) is 15.5. The topological polar surface area (TPSA) is 59.0 Å². The van der Waals surface area contributed by atoms with Crippen molar-refractivity contribution in [1.29, 1.82) is 0 Å². The minimum Gasteiger partial charge on any atom is -0.460 e. The summed E-state index contributed by atoms with van der Waals surface area (Å²) in [5.74, 6) is -0.0780. The number of thioether (sulfide) groups is 1. The summed E-state index contributed by atoms with van der Waals surface area (Å²) in [6.45, 7) is 3.20. The number of nitrogens with zero attached hydrogens (tertiary/aromatic N) is 2. The molecule has 0 N–H and O–H groups in total. The number of para-hydroxylation sites is 1. The quantitative estimate of drug-likeness (QED) is 0.695. The van der Waals surface area contributed by atoms with Crippen LogP contribution in [0.15, 0.2) is 59.7 Å². The number of hydrazone groups is 1. The van der Waals surface area contributed by atoms with E-state index in [1.807, 2.05) is 55.5 Å². The van der Waals surface area contributed by atoms with Crippen LogP contribution < -0.4 is 5.01 Å². The fraction of sp³-hybridized carbons (Fsp3) is 0.286. The number of carbonyl (C=O) groups excluding carboxylic acids is 2. The van der Waals surface area contributed by atoms with Gasteiger partial charge in [-0.1, -0.05) is 41.9 Å². The van der Waals surface area contributed by atoms with Crippen molar-refractivity contribution in [3.63, 3.8) is 0 Å². The maximum absolute atomic E-state index is 13.8. The third-order valence-electron chi connectivity index (χ3n) is 5.19. The van der Waals surface area contributed by atoms with Crippen LogP contribution in [-0.4, -0.2) is 29.4 Å². The van der Waals surface area contributed by atoms with Gasteiger partial charge in [0.15, 0.2) is 0 Å². The van der Waals surface area contributed by atoms with Gasteiger partial charge in [0.05, 0.1) is 16.6 Å². The monoisotopic (exact) mass is 414 g/mol. The van der Waals surface area contributed by atoms with E-state index in [9.17, 15) is 9.59 Å². The average molecular weight is 415 g/mol. The highest BCUT2D eigenvalue weighted by atomic mass is 35.5. The number of halogens is 1. The molecular formula is C21H19ClN2O3S. The van der Waals surface area contributed by atoms with Crippen LogP contribution in [0.2, 0.25) is 5.02 Å². The Bertz CT molecular complexity index is 965. The number of benzene rings is 2. The van der Waals surface area contributed by atoms with Crippen molar-refractivity contribution < 1.29 is 14.3 Å². The van der Waals surface area contributed by atoms with Crippen LogP contribution >= 0.6 is 23.4 Å². The standard InChI is InChI=1S/C21H19ClN2O3S/c1-13-21(20(26)24(23-13)17-9-4-3-5-10-17)18(27-14(2)25)12-28-19(21)15-7-6-8-16(22)11-15/h3-11,18-19H,12H2,1-2H3/t18-,19-,21+/m0/s1. The second-order valence-electron chi connectivity index (χ2n) is 6.87. The Morgan fingerprint density at radius 2 is 2.00 bits per heavy atom. The van der Waals surface area contributed by atoms with Gasteiger partial charge in [0.25, 0.3) is 5.91 Å². The molecule has 5 nitrogen and oxygen atoms in total. The molecule has 0 unspecified atom stereocenters. The summed E-state index contributed by atoms with van der Waals surface area (Å²) in [4.78, 5) is 25.6. The lowest BCUT2D eigenvalue weighted by atomic mass is 9.73. The van der Waals surface area contributed by atoms with Gasteiger partial charge in [-0.25, -0.2) is 0 Å². The normalized spacial score (nSPS) is 26.6. The molecule has 1 amide bonds. The van der Waals surface area contributed by atoms with E-state index in [2.05, 4.69) is 5.10 Å². The molecule has 2 aliphatic rings. The van der Waals surface area contributed by atoms with Crippen molar-refractivity contribution in [3.8, 4) is 0 Å². The van der Waals surface area contributed by atoms with Gasteiger partial charge in [-0.15, -0.1) is 11.8 Å². The molecule has 2 aromatic rings. The van der Waals surface area contributed by atoms with Gasteiger partial charge in [0.1, 0.15) is 11.5 Å². The van der Waals surface area contributed by atoms with E-state index in [0.29, 0.717) is 22.2 Å². The summed E-state index contributed by atoms with van der Waals surface area (Å²) < 4.78 is 5.63. The van der Waals surface area contributed by atoms with Gasteiger partial charge in [-0.2, -0.15) is 10.1 Å². The molecule has 2 aliphatic heterocycles. The summed E-state index contributed by atoms with van der Waals surface area (Å²) in [6.07, 6.45) is -0.594. The van der Waals surface area contributed by atoms with Gasteiger partial charge >= 0.3 is 5.97 Å². The highest BCUT2D eigenvalue weighted by molar-refractivity contribution is 8.00. The molecule has 0 aliphatic carbocycles. The average Bonchev–Trinajstić information content (AvgIpc) is 3.17. The van der Waals surface area contributed by atoms with E-state index in [4.69, 9.17) is 16.3 Å². The highest BCUT2D eigenvalue weighted by Gasteiger charge is 2.65. The van der Waals surface area contributed by atoms with Crippen molar-refractivity contribution in [3.05, 3.63) is 65.2 Å². The Morgan fingerprint density at radius 3 is 2.68 bits per heavy atom. The Hall–Kier alpha value is -2.31. The summed E-state index contributed by atoms with van der Waals surface area (Å²) in [5, 5.41) is 6.37. The second-order valence-corrected chi connectivity index (χ2v) is 8.45. The number of ether oxygens (including phenoxy) is 1. The van der Waals surface area contributed by atoms with Crippen LogP contribution in [0.5, 0.6) is 0 Å². The predicted octanol–water partition coefficient (Wildman–Crippen LogP) is 4.47. The second kappa shape index (κ2) is 7.26. The lowest BCUT2D eigenvalue weighted by Gasteiger charge is -2.33. The highest BCUT2D eigenvalue weighted by Crippen LogP contribution is 2.58. The molecule has 3 atom stereocenters. The number of rotatable bonds is 3. The van der Waals surface area contributed by atoms with Crippen LogP contribution in [0.1, 0.15) is 24.7 Å². The van der Waals surface area contributed by atoms with Crippen molar-refractivity contribution in [2.75, 3.05) is 10.8 Å². The van der Waals surface area contributed by atoms with E-state index in [0.717, 1.165) is 5.56 Å². The molecule has 0 aromatic heterocycles. The Labute approximate surface area is 172 Å². The van der Waals surface area contributed by atoms with E-state index in [1.54, 1.807) is 17.8 Å². The van der Waals surface area contributed by atoms with E-state index in [-0.39, 0.29) is 11.2 Å². The maximum atomic E-state index is 13.8. The smallest absolute Gasteiger partial charge is 0.302 e. The number of hydrogen-bond donors (Lipinski definition) is 0. The fourth-order valence-corrected chi connectivity index (χ4v) is 5.92. The lowest BCUT2D eigenvalue weighted by molar-refractivity contribution is -0.151. The van der Waals surface area contributed by atoms with Crippen LogP contribution in [0.25, 0.3) is 0 Å². The molecule has 0 bridgehead atoms. The minimum absolute atomic E-state index is 0.183. The van der Waals surface area contributed by atoms with Gasteiger partial charge in [-0.3, -0.25) is 9.59 Å². The van der Waals surface area contributed by atoms with Crippen molar-refractivity contribution in [2.24, 2.45) is 10.5 Å². The third-order valence-corrected chi connectivity index (χ3v) is 6.90. The summed E-state index contributed by atoms with van der Waals surface area (Å²) in [6, 6.07) is 16.8. The SMILES string of the molecule is CC(=O)O[C@H]1CS[C@@H](c2cccc(Cl)c2)[C@]12C(=O)N(c1ccccc1)N=C2C. The number of amides is 1. The molecule has 0 saturated carbocycles. The van der Waals surface area contributed by atoms with Gasteiger partial charge in [0, 0.05) is 17.7 Å². The molecule has 144 valence electrons. The fourth-order valence-electron chi connectivity index (χ4n) is 4.00. The van der Waals surface area contributed by atoms with Crippen molar-refractivity contribution >= 4 is 46.6 Å². The summed E-state index contributed by atoms with van der Waals surface area (Å²) in [5.41, 5.74) is 1.19. The van der Waals surface area contributed by atoms with Gasteiger partial charge in [0.2, 0.25) is 0 Å². The zero-order valence-corrected chi connectivity index (χ0v) is 17.0. The van der Waals surface area contributed by atoms with Gasteiger partial charge < -0.3 is 4.74 Å². The number of carbonyl (C=O) groups is 2. The van der Waals surface area contributed by atoms with Gasteiger partial charge in [-0.05, 0) is 36.8 Å². The first-order chi connectivity index (χ1) is 13.4. The number of hydrogen-bond acceptors (Lipinski definition) is 5. The van der Waals surface area contributed by atoms with Crippen LogP contribution in [0.4, 0.5) is 5.69 Å². The number of esters is 1. The largest absolute Gasteiger partial charge is 0.460 e. The van der Waals surface area contributed by atoms with E-state index < -0.39 is 17.5 Å². The number of anilines is 1. The molecular weight excluding hydrogens is 396 g/mol. The molecule has 28 heavy (non-hydrogen) atoms. The van der Waals surface area contributed by atoms with Crippen LogP contribution in [0, 0.1) is 5.41 Å². The van der Waals surface area contributed by atoms with Crippen LogP contribution in [-0.2, 0) is 14.3 Å². The third kappa shape index (κ3) is 2.91. The van der Waals surface area contributed by atoms with Crippen LogP contribution in [0.3, 0.4) is 0 Å². The first-order valence-electron chi connectivity index (χ1n) is 8.94. The van der Waals surface area contributed by atoms with Crippen molar-refractivity contribution in [2.45, 2.75) is 25.2 Å². The Balaban J connectivity index is 1.84. The van der Waals surface area contributed by atoms with E-state index in [1.165, 1.54) is 11.9 Å². The first-order valence-corrected chi connectivity index (χ1v) is 10.4. The lowest BCUT2D eigenvalue weighted by Crippen LogP contribution is -2.50. The molecule has 2 heterocycles. The molecule has 2 aromatic carbocycles. The summed E-state index contributed by atoms with van der Waals surface area (Å²) in [7, 11) is 0. The molecule has 7 heteroatoms. The zero-order chi connectivity index (χ0) is 19.9. The van der Waals surface area contributed by atoms with E-state index >= 15 is 0 Å². The Kier molecular flexibility index (Phi) is 4.93. The first kappa shape index (κ1) is 19.0. The molecule has 1 fully saturated rings. The molecule has 1 spiro atoms. The molecule has 4 rings (SSSR count). The van der Waals surface area contributed by atoms with Crippen molar-refractivity contribution in [1.82, 2.24) is 0 Å². The predicted molar refractivity (Wildman–Crippen MR) is 112 cm³/mol. The maximum Gasteiger partial charge on any atom is 0.302 e.